The Bertz CT molecular complexity index is 1070. The summed E-state index contributed by atoms with van der Waals surface area (Å²) in [5.74, 6) is -0.682. The molecule has 0 aliphatic heterocycles. The predicted molar refractivity (Wildman–Crippen MR) is 101 cm³/mol. The molecule has 144 valence electrons. The maximum atomic E-state index is 13.4. The summed E-state index contributed by atoms with van der Waals surface area (Å²) in [6.45, 7) is 3.26. The van der Waals surface area contributed by atoms with E-state index < -0.39 is 13.6 Å². The summed E-state index contributed by atoms with van der Waals surface area (Å²) in [6.07, 6.45) is 0. The minimum Gasteiger partial charge on any atom is -0.736 e. The number of ketones is 1. The van der Waals surface area contributed by atoms with Crippen LogP contribution in [0.4, 0.5) is 4.39 Å². The van der Waals surface area contributed by atoms with Crippen LogP contribution in [0.1, 0.15) is 27.0 Å². The topological polar surface area (TPSA) is 75.7 Å². The van der Waals surface area contributed by atoms with Gasteiger partial charge in [-0.05, 0) is 61.4 Å². The van der Waals surface area contributed by atoms with Gasteiger partial charge in [-0.2, -0.15) is 0 Å². The van der Waals surface area contributed by atoms with Crippen LogP contribution >= 0.6 is 7.82 Å². The number of para-hydroxylation sites is 1. The van der Waals surface area contributed by atoms with Crippen molar-refractivity contribution in [3.05, 3.63) is 94.8 Å². The first kappa shape index (κ1) is 23.3. The number of phosphoric ester groups is 1. The van der Waals surface area contributed by atoms with Crippen molar-refractivity contribution in [2.45, 2.75) is 13.8 Å². The van der Waals surface area contributed by atoms with Gasteiger partial charge in [0, 0.05) is 11.1 Å². The van der Waals surface area contributed by atoms with Crippen LogP contribution in [0.15, 0.2) is 66.7 Å². The Balaban J connectivity index is 0.00000300. The molecule has 3 aromatic rings. The van der Waals surface area contributed by atoms with Gasteiger partial charge in [0.2, 0.25) is 0 Å². The number of carbonyl (C=O) groups excluding carboxylic acids is 1. The van der Waals surface area contributed by atoms with E-state index >= 15 is 0 Å². The summed E-state index contributed by atoms with van der Waals surface area (Å²) < 4.78 is 35.6. The zero-order valence-corrected chi connectivity index (χ0v) is 19.1. The van der Waals surface area contributed by atoms with Crippen molar-refractivity contribution in [3.63, 3.8) is 0 Å². The standard InChI is InChI=1S/C21H18FO5P.Na/c1-14-12-20(27-28(24,25)26-18-9-4-3-5-10-18)15(2)11-19(14)21(23)16-7-6-8-17(22)13-16;/h3-13H,1-2H3,(H,24,25);/q;+1/p-1. The zero-order valence-electron chi connectivity index (χ0n) is 16.2. The first-order valence-corrected chi connectivity index (χ1v) is 9.88. The molecule has 0 radical (unpaired) electrons. The van der Waals surface area contributed by atoms with Crippen molar-refractivity contribution in [1.82, 2.24) is 0 Å². The molecule has 0 fully saturated rings. The van der Waals surface area contributed by atoms with Crippen LogP contribution in [0.25, 0.3) is 0 Å². The maximum absolute atomic E-state index is 13.4. The average Bonchev–Trinajstić information content (AvgIpc) is 2.64. The van der Waals surface area contributed by atoms with Gasteiger partial charge in [-0.15, -0.1) is 0 Å². The van der Waals surface area contributed by atoms with Crippen LogP contribution < -0.4 is 43.5 Å². The number of hydrogen-bond donors (Lipinski definition) is 0. The van der Waals surface area contributed by atoms with Crippen molar-refractivity contribution in [2.24, 2.45) is 0 Å². The second kappa shape index (κ2) is 9.70. The van der Waals surface area contributed by atoms with Crippen LogP contribution in [0, 0.1) is 19.7 Å². The van der Waals surface area contributed by atoms with Gasteiger partial charge in [0.1, 0.15) is 17.3 Å². The molecular formula is C21H17FNaO5P. The first-order valence-electron chi connectivity index (χ1n) is 8.42. The van der Waals surface area contributed by atoms with Crippen molar-refractivity contribution in [2.75, 3.05) is 0 Å². The van der Waals surface area contributed by atoms with Gasteiger partial charge in [0.05, 0.1) is 0 Å². The summed E-state index contributed by atoms with van der Waals surface area (Å²) in [6, 6.07) is 16.3. The fraction of sp³-hybridized carbons (Fsp3) is 0.0952. The molecule has 29 heavy (non-hydrogen) atoms. The summed E-state index contributed by atoms with van der Waals surface area (Å²) in [4.78, 5) is 24.8. The Kier molecular flexibility index (Phi) is 7.80. The van der Waals surface area contributed by atoms with Crippen molar-refractivity contribution in [3.8, 4) is 11.5 Å². The average molecular weight is 422 g/mol. The second-order valence-corrected chi connectivity index (χ2v) is 7.47. The molecule has 0 saturated carbocycles. The fourth-order valence-corrected chi connectivity index (χ4v) is 3.52. The molecule has 0 spiro atoms. The number of rotatable bonds is 6. The van der Waals surface area contributed by atoms with Gasteiger partial charge in [-0.1, -0.05) is 30.3 Å². The Hall–Kier alpha value is -1.95. The third kappa shape index (κ3) is 6.01. The van der Waals surface area contributed by atoms with Crippen LogP contribution in [0.3, 0.4) is 0 Å². The minimum atomic E-state index is -4.67. The van der Waals surface area contributed by atoms with Gasteiger partial charge >= 0.3 is 37.4 Å². The van der Waals surface area contributed by atoms with Crippen LogP contribution in [-0.2, 0) is 4.57 Å². The van der Waals surface area contributed by atoms with E-state index in [9.17, 15) is 18.6 Å². The summed E-state index contributed by atoms with van der Waals surface area (Å²) in [5.41, 5.74) is 1.46. The van der Waals surface area contributed by atoms with Crippen LogP contribution in [0.2, 0.25) is 0 Å². The molecule has 8 heteroatoms. The van der Waals surface area contributed by atoms with Crippen molar-refractivity contribution < 1.29 is 57.2 Å². The van der Waals surface area contributed by atoms with E-state index in [1.165, 1.54) is 42.5 Å². The number of phosphoric acid groups is 1. The molecule has 0 saturated heterocycles. The molecular weight excluding hydrogens is 405 g/mol. The van der Waals surface area contributed by atoms with E-state index in [-0.39, 0.29) is 52.4 Å². The number of aryl methyl sites for hydroxylation is 2. The molecule has 0 N–H and O–H groups in total. The third-order valence-electron chi connectivity index (χ3n) is 4.02. The van der Waals surface area contributed by atoms with E-state index in [2.05, 4.69) is 0 Å². The largest absolute Gasteiger partial charge is 1.00 e. The third-order valence-corrected chi connectivity index (χ3v) is 4.88. The number of halogens is 1. The van der Waals surface area contributed by atoms with E-state index in [1.807, 2.05) is 0 Å². The van der Waals surface area contributed by atoms with Gasteiger partial charge in [0.15, 0.2) is 5.78 Å². The predicted octanol–water partition coefficient (Wildman–Crippen LogP) is 1.60. The van der Waals surface area contributed by atoms with Gasteiger partial charge in [-0.25, -0.2) is 8.96 Å². The SMILES string of the molecule is Cc1cc(C(=O)c2cccc(F)c2)c(C)cc1OP(=O)([O-])Oc1ccccc1.[Na+]. The molecule has 0 aliphatic rings. The Morgan fingerprint density at radius 2 is 1.62 bits per heavy atom. The van der Waals surface area contributed by atoms with E-state index in [4.69, 9.17) is 9.05 Å². The van der Waals surface area contributed by atoms with Crippen LogP contribution in [-0.4, -0.2) is 5.78 Å². The molecule has 0 amide bonds. The number of benzene rings is 3. The quantitative estimate of drug-likeness (QED) is 0.343. The number of hydrogen-bond acceptors (Lipinski definition) is 5. The summed E-state index contributed by atoms with van der Waals surface area (Å²) in [5, 5.41) is 0. The molecule has 0 aliphatic carbocycles. The molecule has 1 atom stereocenters. The summed E-state index contributed by atoms with van der Waals surface area (Å²) >= 11 is 0. The minimum absolute atomic E-state index is 0. The Morgan fingerprint density at radius 1 is 0.931 bits per heavy atom. The first-order chi connectivity index (χ1) is 13.2. The monoisotopic (exact) mass is 422 g/mol. The smallest absolute Gasteiger partial charge is 0.736 e. The van der Waals surface area contributed by atoms with Gasteiger partial charge in [-0.3, -0.25) is 4.79 Å². The van der Waals surface area contributed by atoms with Crippen molar-refractivity contribution >= 4 is 13.6 Å². The zero-order chi connectivity index (χ0) is 20.3. The molecule has 1 unspecified atom stereocenters. The van der Waals surface area contributed by atoms with Crippen molar-refractivity contribution in [1.29, 1.82) is 0 Å². The van der Waals surface area contributed by atoms with Gasteiger partial charge in [0.25, 0.3) is 0 Å². The van der Waals surface area contributed by atoms with Crippen LogP contribution in [0.5, 0.6) is 11.5 Å². The second-order valence-electron chi connectivity index (χ2n) is 6.21. The molecule has 3 rings (SSSR count). The molecule has 0 bridgehead atoms. The normalized spacial score (nSPS) is 12.4. The fourth-order valence-electron chi connectivity index (χ4n) is 2.67. The molecule has 3 aromatic carbocycles. The van der Waals surface area contributed by atoms with E-state index in [0.717, 1.165) is 6.07 Å². The molecule has 5 nitrogen and oxygen atoms in total. The Morgan fingerprint density at radius 3 is 2.28 bits per heavy atom. The van der Waals surface area contributed by atoms with Gasteiger partial charge < -0.3 is 13.9 Å². The number of carbonyl (C=O) groups is 1. The van der Waals surface area contributed by atoms with E-state index in [0.29, 0.717) is 16.7 Å². The maximum Gasteiger partial charge on any atom is 1.00 e. The van der Waals surface area contributed by atoms with E-state index in [1.54, 1.807) is 32.0 Å². The molecule has 0 aromatic heterocycles. The molecule has 0 heterocycles. The Labute approximate surface area is 190 Å². The summed E-state index contributed by atoms with van der Waals surface area (Å²) in [7, 11) is -4.67.